The van der Waals surface area contributed by atoms with Gasteiger partial charge in [0.2, 0.25) is 0 Å². The van der Waals surface area contributed by atoms with Crippen LogP contribution in [-0.4, -0.2) is 62.3 Å². The van der Waals surface area contributed by atoms with Crippen molar-refractivity contribution < 1.29 is 30.3 Å². The minimum atomic E-state index is -1.88. The quantitative estimate of drug-likeness (QED) is 0.318. The van der Waals surface area contributed by atoms with Crippen molar-refractivity contribution in [1.29, 1.82) is 0 Å². The Morgan fingerprint density at radius 2 is 1.62 bits per heavy atom. The van der Waals surface area contributed by atoms with Crippen LogP contribution in [-0.2, 0) is 4.79 Å². The van der Waals surface area contributed by atoms with Crippen molar-refractivity contribution in [3.63, 3.8) is 0 Å². The van der Waals surface area contributed by atoms with Crippen molar-refractivity contribution >= 4 is 5.78 Å². The molecule has 6 heteroatoms. The molecule has 6 nitrogen and oxygen atoms in total. The van der Waals surface area contributed by atoms with Crippen molar-refractivity contribution in [1.82, 2.24) is 0 Å². The van der Waals surface area contributed by atoms with Gasteiger partial charge in [-0.15, -0.1) is 0 Å². The lowest BCUT2D eigenvalue weighted by Gasteiger charge is -2.19. The fourth-order valence-electron chi connectivity index (χ4n) is 0.702. The molecule has 0 radical (unpaired) electrons. The van der Waals surface area contributed by atoms with Crippen molar-refractivity contribution in [2.24, 2.45) is 0 Å². The lowest BCUT2D eigenvalue weighted by atomic mass is 10.0. The van der Waals surface area contributed by atoms with Gasteiger partial charge in [-0.1, -0.05) is 0 Å². The van der Waals surface area contributed by atoms with Crippen molar-refractivity contribution in [2.45, 2.75) is 31.3 Å². The summed E-state index contributed by atoms with van der Waals surface area (Å²) < 4.78 is 0. The lowest BCUT2D eigenvalue weighted by molar-refractivity contribution is -0.148. The third-order valence-corrected chi connectivity index (χ3v) is 1.59. The van der Waals surface area contributed by atoms with Crippen LogP contribution < -0.4 is 0 Å². The van der Waals surface area contributed by atoms with Crippen molar-refractivity contribution in [2.75, 3.05) is 6.61 Å². The molecule has 13 heavy (non-hydrogen) atoms. The summed E-state index contributed by atoms with van der Waals surface area (Å²) in [7, 11) is 0. The second-order valence-electron chi connectivity index (χ2n) is 2.78. The van der Waals surface area contributed by atoms with Gasteiger partial charge in [0, 0.05) is 0 Å². The van der Waals surface area contributed by atoms with E-state index in [1.54, 1.807) is 0 Å². The normalized spacial score (nSPS) is 20.5. The van der Waals surface area contributed by atoms with Crippen LogP contribution >= 0.6 is 0 Å². The first-order valence-electron chi connectivity index (χ1n) is 3.78. The molecule has 5 N–H and O–H groups in total. The van der Waals surface area contributed by atoms with Crippen LogP contribution in [0.2, 0.25) is 0 Å². The Bertz CT molecular complexity index is 168. The number of aliphatic hydroxyl groups is 5. The number of ketones is 1. The van der Waals surface area contributed by atoms with E-state index in [1.165, 1.54) is 6.92 Å². The standard InChI is InChI=1S/C7H14O6/c1-3(9)5(11)7(13)6(12)4(10)2-8/h3-6,8-12H,2H2,1H3/t3-,4+,5-,6-/m0/s1. The first kappa shape index (κ1) is 12.5. The van der Waals surface area contributed by atoms with E-state index < -0.39 is 36.8 Å². The van der Waals surface area contributed by atoms with Crippen LogP contribution in [0.25, 0.3) is 0 Å². The van der Waals surface area contributed by atoms with Gasteiger partial charge in [-0.25, -0.2) is 0 Å². The molecule has 4 atom stereocenters. The molecule has 0 aromatic rings. The molecule has 0 aliphatic rings. The van der Waals surface area contributed by atoms with E-state index in [-0.39, 0.29) is 0 Å². The van der Waals surface area contributed by atoms with E-state index in [0.29, 0.717) is 0 Å². The molecule has 0 aromatic heterocycles. The van der Waals surface area contributed by atoms with Crippen LogP contribution in [0.1, 0.15) is 6.92 Å². The Morgan fingerprint density at radius 3 is 1.92 bits per heavy atom. The Balaban J connectivity index is 4.25. The summed E-state index contributed by atoms with van der Waals surface area (Å²) in [4.78, 5) is 11.0. The van der Waals surface area contributed by atoms with Gasteiger partial charge in [0.1, 0.15) is 18.3 Å². The highest BCUT2D eigenvalue weighted by atomic mass is 16.4. The zero-order valence-electron chi connectivity index (χ0n) is 7.16. The van der Waals surface area contributed by atoms with Crippen molar-refractivity contribution in [3.8, 4) is 0 Å². The number of hydrogen-bond donors (Lipinski definition) is 5. The summed E-state index contributed by atoms with van der Waals surface area (Å²) >= 11 is 0. The summed E-state index contributed by atoms with van der Waals surface area (Å²) in [6, 6.07) is 0. The topological polar surface area (TPSA) is 118 Å². The van der Waals surface area contributed by atoms with Gasteiger partial charge >= 0.3 is 0 Å². The zero-order valence-corrected chi connectivity index (χ0v) is 7.16. The molecule has 0 saturated heterocycles. The smallest absolute Gasteiger partial charge is 0.194 e. The summed E-state index contributed by atoms with van der Waals surface area (Å²) in [5.74, 6) is -1.11. The lowest BCUT2D eigenvalue weighted by Crippen LogP contribution is -2.45. The van der Waals surface area contributed by atoms with Gasteiger partial charge in [0.25, 0.3) is 0 Å². The predicted octanol–water partition coefficient (Wildman–Crippen LogP) is -2.99. The third-order valence-electron chi connectivity index (χ3n) is 1.59. The van der Waals surface area contributed by atoms with Crippen LogP contribution in [0.5, 0.6) is 0 Å². The first-order chi connectivity index (χ1) is 5.91. The number of carbonyl (C=O) groups is 1. The fourth-order valence-corrected chi connectivity index (χ4v) is 0.702. The number of rotatable bonds is 5. The molecule has 0 rings (SSSR count). The highest BCUT2D eigenvalue weighted by Gasteiger charge is 2.31. The number of hydrogen-bond acceptors (Lipinski definition) is 6. The molecular weight excluding hydrogens is 180 g/mol. The minimum Gasteiger partial charge on any atom is -0.394 e. The van der Waals surface area contributed by atoms with Crippen LogP contribution in [0.4, 0.5) is 0 Å². The summed E-state index contributed by atoms with van der Waals surface area (Å²) in [6.45, 7) is 0.375. The molecule has 0 unspecified atom stereocenters. The molecule has 0 fully saturated rings. The van der Waals surface area contributed by atoms with E-state index in [4.69, 9.17) is 25.5 Å². The molecule has 0 spiro atoms. The maximum absolute atomic E-state index is 11.0. The van der Waals surface area contributed by atoms with E-state index in [9.17, 15) is 4.79 Å². The Morgan fingerprint density at radius 1 is 1.15 bits per heavy atom. The number of carbonyl (C=O) groups excluding carboxylic acids is 1. The SMILES string of the molecule is C[C@H](O)[C@H](O)C(=O)[C@@H](O)[C@H](O)CO. The van der Waals surface area contributed by atoms with E-state index in [0.717, 1.165) is 0 Å². The second kappa shape index (κ2) is 5.25. The van der Waals surface area contributed by atoms with Gasteiger partial charge < -0.3 is 25.5 Å². The molecule has 0 heterocycles. The molecule has 0 amide bonds. The number of aliphatic hydroxyl groups excluding tert-OH is 5. The Kier molecular flexibility index (Phi) is 5.04. The summed E-state index contributed by atoms with van der Waals surface area (Å²) in [5.41, 5.74) is 0. The highest BCUT2D eigenvalue weighted by molar-refractivity contribution is 5.87. The van der Waals surface area contributed by atoms with Gasteiger partial charge in [-0.3, -0.25) is 4.79 Å². The van der Waals surface area contributed by atoms with Gasteiger partial charge in [-0.05, 0) is 6.92 Å². The molecule has 78 valence electrons. The molecular formula is C7H14O6. The largest absolute Gasteiger partial charge is 0.394 e. The van der Waals surface area contributed by atoms with Gasteiger partial charge in [0.05, 0.1) is 12.7 Å². The Hall–Kier alpha value is -0.530. The van der Waals surface area contributed by atoms with E-state index >= 15 is 0 Å². The van der Waals surface area contributed by atoms with E-state index in [2.05, 4.69) is 0 Å². The average molecular weight is 194 g/mol. The second-order valence-corrected chi connectivity index (χ2v) is 2.78. The minimum absolute atomic E-state index is 0.792. The van der Waals surface area contributed by atoms with Crippen LogP contribution in [0.15, 0.2) is 0 Å². The third kappa shape index (κ3) is 3.37. The van der Waals surface area contributed by atoms with Crippen molar-refractivity contribution in [3.05, 3.63) is 0 Å². The van der Waals surface area contributed by atoms with E-state index in [1.807, 2.05) is 0 Å². The van der Waals surface area contributed by atoms with Crippen LogP contribution in [0.3, 0.4) is 0 Å². The molecule has 0 bridgehead atoms. The summed E-state index contributed by atoms with van der Waals surface area (Å²) in [6.07, 6.45) is -6.60. The monoisotopic (exact) mass is 194 g/mol. The fraction of sp³-hybridized carbons (Fsp3) is 0.857. The predicted molar refractivity (Wildman–Crippen MR) is 41.8 cm³/mol. The maximum Gasteiger partial charge on any atom is 0.194 e. The maximum atomic E-state index is 11.0. The average Bonchev–Trinajstić information content (AvgIpc) is 2.12. The van der Waals surface area contributed by atoms with Crippen LogP contribution in [0, 0.1) is 0 Å². The molecule has 0 aromatic carbocycles. The molecule has 0 aliphatic heterocycles. The molecule has 0 saturated carbocycles. The van der Waals surface area contributed by atoms with Gasteiger partial charge in [0.15, 0.2) is 5.78 Å². The highest BCUT2D eigenvalue weighted by Crippen LogP contribution is 2.02. The first-order valence-corrected chi connectivity index (χ1v) is 3.78. The number of Topliss-reactive ketones (excluding diaryl/α,β-unsaturated/α-hetero) is 1. The Labute approximate surface area is 75.1 Å². The zero-order chi connectivity index (χ0) is 10.6. The molecule has 0 aliphatic carbocycles. The van der Waals surface area contributed by atoms with Gasteiger partial charge in [-0.2, -0.15) is 0 Å². The summed E-state index contributed by atoms with van der Waals surface area (Å²) in [5, 5.41) is 43.9.